The summed E-state index contributed by atoms with van der Waals surface area (Å²) in [6.45, 7) is 1.43. The first-order chi connectivity index (χ1) is 6.31. The molecule has 0 N–H and O–H groups in total. The van der Waals surface area contributed by atoms with Crippen molar-refractivity contribution in [3.63, 3.8) is 0 Å². The Morgan fingerprint density at radius 3 is 2.31 bits per heavy atom. The molecule has 0 aromatic heterocycles. The molecule has 3 heteroatoms. The van der Waals surface area contributed by atoms with Crippen LogP contribution in [0.3, 0.4) is 0 Å². The van der Waals surface area contributed by atoms with Gasteiger partial charge in [-0.05, 0) is 12.1 Å². The van der Waals surface area contributed by atoms with Crippen molar-refractivity contribution in [3.8, 4) is 0 Å². The van der Waals surface area contributed by atoms with E-state index in [9.17, 15) is 5.21 Å². The Bertz CT molecular complexity index is 270. The predicted molar refractivity (Wildman–Crippen MR) is 58.7 cm³/mol. The average molecular weight is 195 g/mol. The summed E-state index contributed by atoms with van der Waals surface area (Å²) < 4.78 is -0.131. The maximum Gasteiger partial charge on any atom is 0.132 e. The van der Waals surface area contributed by atoms with Gasteiger partial charge in [0.25, 0.3) is 0 Å². The second kappa shape index (κ2) is 3.70. The normalized spacial score (nSPS) is 21.3. The van der Waals surface area contributed by atoms with E-state index in [-0.39, 0.29) is 4.65 Å². The highest BCUT2D eigenvalue weighted by Gasteiger charge is 2.22. The fourth-order valence-corrected chi connectivity index (χ4v) is 2.65. The lowest BCUT2D eigenvalue weighted by Crippen LogP contribution is -2.49. The number of hydroxylamine groups is 2. The lowest BCUT2D eigenvalue weighted by atomic mass is 10.3. The van der Waals surface area contributed by atoms with Crippen LogP contribution < -0.4 is 4.65 Å². The van der Waals surface area contributed by atoms with Gasteiger partial charge in [0.15, 0.2) is 0 Å². The monoisotopic (exact) mass is 195 g/mol. The molecule has 0 saturated carbocycles. The van der Waals surface area contributed by atoms with Crippen molar-refractivity contribution < 1.29 is 0 Å². The van der Waals surface area contributed by atoms with E-state index in [0.717, 1.165) is 17.2 Å². The van der Waals surface area contributed by atoms with Crippen molar-refractivity contribution >= 4 is 17.4 Å². The van der Waals surface area contributed by atoms with Crippen molar-refractivity contribution in [2.75, 3.05) is 24.6 Å². The highest BCUT2D eigenvalue weighted by molar-refractivity contribution is 7.99. The number of para-hydroxylation sites is 1. The zero-order chi connectivity index (χ0) is 9.15. The topological polar surface area (TPSA) is 23.1 Å². The largest absolute Gasteiger partial charge is 0.627 e. The highest BCUT2D eigenvalue weighted by Crippen LogP contribution is 2.25. The fraction of sp³-hybridized carbons (Fsp3) is 0.400. The smallest absolute Gasteiger partial charge is 0.132 e. The molecule has 1 heterocycles. The molecule has 0 unspecified atom stereocenters. The van der Waals surface area contributed by atoms with Gasteiger partial charge < -0.3 is 9.85 Å². The molecule has 1 aromatic carbocycles. The summed E-state index contributed by atoms with van der Waals surface area (Å²) in [5, 5.41) is 12.2. The number of benzene rings is 1. The summed E-state index contributed by atoms with van der Waals surface area (Å²) in [4.78, 5) is 0. The van der Waals surface area contributed by atoms with E-state index in [1.54, 1.807) is 0 Å². The molecule has 2 rings (SSSR count). The van der Waals surface area contributed by atoms with Gasteiger partial charge in [0.2, 0.25) is 0 Å². The van der Waals surface area contributed by atoms with E-state index in [1.807, 2.05) is 42.1 Å². The summed E-state index contributed by atoms with van der Waals surface area (Å²) in [5.74, 6) is 1.97. The number of rotatable bonds is 1. The van der Waals surface area contributed by atoms with Crippen LogP contribution in [0.1, 0.15) is 0 Å². The number of quaternary nitrogens is 1. The van der Waals surface area contributed by atoms with Gasteiger partial charge in [-0.15, -0.1) is 0 Å². The maximum atomic E-state index is 12.2. The third-order valence-electron chi connectivity index (χ3n) is 2.42. The molecule has 1 aliphatic heterocycles. The summed E-state index contributed by atoms with van der Waals surface area (Å²) in [6, 6.07) is 9.70. The first-order valence-electron chi connectivity index (χ1n) is 4.53. The van der Waals surface area contributed by atoms with Gasteiger partial charge in [-0.3, -0.25) is 0 Å². The number of thioether (sulfide) groups is 1. The first kappa shape index (κ1) is 9.06. The van der Waals surface area contributed by atoms with Gasteiger partial charge >= 0.3 is 0 Å². The van der Waals surface area contributed by atoms with E-state index < -0.39 is 0 Å². The molecule has 0 radical (unpaired) electrons. The molecule has 0 amide bonds. The zero-order valence-electron chi connectivity index (χ0n) is 7.48. The van der Waals surface area contributed by atoms with Gasteiger partial charge in [0.05, 0.1) is 13.1 Å². The van der Waals surface area contributed by atoms with Crippen LogP contribution in [0.4, 0.5) is 5.69 Å². The molecule has 0 aliphatic carbocycles. The zero-order valence-corrected chi connectivity index (χ0v) is 8.30. The van der Waals surface area contributed by atoms with E-state index in [2.05, 4.69) is 0 Å². The lowest BCUT2D eigenvalue weighted by molar-refractivity contribution is 0.408. The average Bonchev–Trinajstić information content (AvgIpc) is 2.20. The van der Waals surface area contributed by atoms with Crippen molar-refractivity contribution in [2.24, 2.45) is 0 Å². The minimum absolute atomic E-state index is 0.131. The van der Waals surface area contributed by atoms with Crippen molar-refractivity contribution in [1.82, 2.24) is 4.65 Å². The van der Waals surface area contributed by atoms with Crippen LogP contribution in [0.15, 0.2) is 30.3 Å². The summed E-state index contributed by atoms with van der Waals surface area (Å²) in [5.41, 5.74) is 0.905. The maximum absolute atomic E-state index is 12.2. The van der Waals surface area contributed by atoms with Crippen molar-refractivity contribution in [3.05, 3.63) is 35.5 Å². The molecule has 1 fully saturated rings. The van der Waals surface area contributed by atoms with Crippen LogP contribution in [0, 0.1) is 5.21 Å². The quantitative estimate of drug-likeness (QED) is 0.506. The highest BCUT2D eigenvalue weighted by atomic mass is 32.2. The van der Waals surface area contributed by atoms with Gasteiger partial charge in [-0.25, -0.2) is 0 Å². The van der Waals surface area contributed by atoms with E-state index in [1.165, 1.54) is 0 Å². The molecule has 0 spiro atoms. The Kier molecular flexibility index (Phi) is 2.58. The minimum Gasteiger partial charge on any atom is -0.627 e. The fourth-order valence-electron chi connectivity index (χ4n) is 1.60. The minimum atomic E-state index is -0.131. The summed E-state index contributed by atoms with van der Waals surface area (Å²) >= 11 is 1.88. The Hall–Kier alpha value is -0.510. The van der Waals surface area contributed by atoms with Crippen LogP contribution in [0.2, 0.25) is 0 Å². The van der Waals surface area contributed by atoms with Crippen LogP contribution in [-0.4, -0.2) is 24.6 Å². The van der Waals surface area contributed by atoms with Crippen molar-refractivity contribution in [1.29, 1.82) is 0 Å². The standard InChI is InChI=1S/C10H13NOS/c12-11(6-8-13-9-7-11)10-4-2-1-3-5-10/h1-5H,6-9H2. The Morgan fingerprint density at radius 1 is 1.08 bits per heavy atom. The molecule has 0 bridgehead atoms. The molecular formula is C10H13NOS. The van der Waals surface area contributed by atoms with E-state index >= 15 is 0 Å². The van der Waals surface area contributed by atoms with Crippen LogP contribution in [-0.2, 0) is 0 Å². The molecule has 0 atom stereocenters. The van der Waals surface area contributed by atoms with E-state index in [0.29, 0.717) is 13.1 Å². The third-order valence-corrected chi connectivity index (χ3v) is 3.36. The summed E-state index contributed by atoms with van der Waals surface area (Å²) in [7, 11) is 0. The van der Waals surface area contributed by atoms with Gasteiger partial charge in [-0.1, -0.05) is 18.2 Å². The number of hydrogen-bond donors (Lipinski definition) is 0. The number of hydrogen-bond acceptors (Lipinski definition) is 2. The van der Waals surface area contributed by atoms with E-state index in [4.69, 9.17) is 0 Å². The molecule has 1 saturated heterocycles. The second-order valence-electron chi connectivity index (χ2n) is 3.28. The van der Waals surface area contributed by atoms with Crippen LogP contribution in [0.5, 0.6) is 0 Å². The predicted octanol–water partition coefficient (Wildman–Crippen LogP) is 2.24. The molecule has 2 nitrogen and oxygen atoms in total. The molecule has 70 valence electrons. The molecule has 1 aromatic rings. The van der Waals surface area contributed by atoms with Crippen LogP contribution in [0.25, 0.3) is 0 Å². The van der Waals surface area contributed by atoms with Gasteiger partial charge in [-0.2, -0.15) is 11.8 Å². The van der Waals surface area contributed by atoms with Gasteiger partial charge in [0.1, 0.15) is 5.69 Å². The Labute approximate surface area is 82.7 Å². The van der Waals surface area contributed by atoms with Crippen molar-refractivity contribution in [2.45, 2.75) is 0 Å². The lowest BCUT2D eigenvalue weighted by Gasteiger charge is -2.44. The number of nitrogens with zero attached hydrogens (tertiary/aromatic N) is 1. The summed E-state index contributed by atoms with van der Waals surface area (Å²) in [6.07, 6.45) is 0. The van der Waals surface area contributed by atoms with Gasteiger partial charge in [0, 0.05) is 11.5 Å². The van der Waals surface area contributed by atoms with Crippen LogP contribution >= 0.6 is 11.8 Å². The SMILES string of the molecule is [O-][N+]1(c2ccccc2)CCSCC1. The first-order valence-corrected chi connectivity index (χ1v) is 5.68. The Balaban J connectivity index is 2.23. The molecular weight excluding hydrogens is 182 g/mol. The molecule has 13 heavy (non-hydrogen) atoms. The Morgan fingerprint density at radius 2 is 1.69 bits per heavy atom. The molecule has 1 aliphatic rings. The second-order valence-corrected chi connectivity index (χ2v) is 4.51. The third kappa shape index (κ3) is 1.88.